The molecule has 0 unspecified atom stereocenters. The van der Waals surface area contributed by atoms with Gasteiger partial charge in [-0.2, -0.15) is 0 Å². The van der Waals surface area contributed by atoms with Crippen molar-refractivity contribution in [3.63, 3.8) is 0 Å². The molecule has 0 aliphatic heterocycles. The van der Waals surface area contributed by atoms with Crippen LogP contribution >= 0.6 is 0 Å². The molecule has 3 rings (SSSR count). The molecule has 2 heterocycles. The van der Waals surface area contributed by atoms with Crippen LogP contribution in [0, 0.1) is 0 Å². The van der Waals surface area contributed by atoms with Gasteiger partial charge in [-0.05, 0) is 48.4 Å². The van der Waals surface area contributed by atoms with Crippen molar-refractivity contribution in [2.45, 2.75) is 6.42 Å². The highest BCUT2D eigenvalue weighted by Crippen LogP contribution is 2.09. The van der Waals surface area contributed by atoms with Crippen LogP contribution in [0.5, 0.6) is 0 Å². The number of hydrogen-bond donors (Lipinski definition) is 1. The molecule has 0 aliphatic rings. The zero-order valence-corrected chi connectivity index (χ0v) is 15.0. The summed E-state index contributed by atoms with van der Waals surface area (Å²) < 4.78 is 0. The van der Waals surface area contributed by atoms with Crippen molar-refractivity contribution in [3.8, 4) is 0 Å². The van der Waals surface area contributed by atoms with Crippen LogP contribution in [0.3, 0.4) is 0 Å². The van der Waals surface area contributed by atoms with Crippen molar-refractivity contribution in [3.05, 3.63) is 90.0 Å². The number of carbonyl (C=O) groups excluding carboxylic acids is 2. The maximum absolute atomic E-state index is 12.6. The number of benzene rings is 1. The van der Waals surface area contributed by atoms with Crippen molar-refractivity contribution in [2.75, 3.05) is 18.9 Å². The molecular formula is C21H20N4O2. The number of nitrogens with one attached hydrogen (secondary N) is 1. The Hall–Kier alpha value is -3.54. The first-order valence-electron chi connectivity index (χ1n) is 8.61. The van der Waals surface area contributed by atoms with Crippen molar-refractivity contribution in [1.82, 2.24) is 14.9 Å². The monoisotopic (exact) mass is 360 g/mol. The summed E-state index contributed by atoms with van der Waals surface area (Å²) in [6.45, 7) is 0.547. The molecule has 3 aromatic rings. The molecule has 0 spiro atoms. The quantitative estimate of drug-likeness (QED) is 0.733. The van der Waals surface area contributed by atoms with E-state index in [-0.39, 0.29) is 23.2 Å². The van der Waals surface area contributed by atoms with E-state index in [1.165, 1.54) is 0 Å². The molecule has 0 radical (unpaired) electrons. The standard InChI is InChI=1S/C21H20N4O2/c1-25(15-12-16-10-13-22-14-11-16)21(27)19-9-5-8-18(24-19)20(26)23-17-6-3-2-4-7-17/h2-11,13-14H,12,15H2,1H3,(H,23,26). The smallest absolute Gasteiger partial charge is 0.274 e. The van der Waals surface area contributed by atoms with Gasteiger partial charge in [0.25, 0.3) is 11.8 Å². The molecular weight excluding hydrogens is 340 g/mol. The second-order valence-corrected chi connectivity index (χ2v) is 6.06. The highest BCUT2D eigenvalue weighted by molar-refractivity contribution is 6.03. The second kappa shape index (κ2) is 8.71. The molecule has 0 fully saturated rings. The Labute approximate surface area is 157 Å². The zero-order chi connectivity index (χ0) is 19.1. The van der Waals surface area contributed by atoms with Crippen LogP contribution in [0.25, 0.3) is 0 Å². The lowest BCUT2D eigenvalue weighted by molar-refractivity contribution is 0.0790. The van der Waals surface area contributed by atoms with Gasteiger partial charge in [-0.3, -0.25) is 14.6 Å². The normalized spacial score (nSPS) is 10.3. The molecule has 2 amide bonds. The Bertz CT molecular complexity index is 914. The molecule has 0 saturated heterocycles. The van der Waals surface area contributed by atoms with Crippen LogP contribution < -0.4 is 5.32 Å². The first-order valence-corrected chi connectivity index (χ1v) is 8.61. The van der Waals surface area contributed by atoms with Crippen LogP contribution in [0.15, 0.2) is 73.1 Å². The number of likely N-dealkylation sites (N-methyl/N-ethyl adjacent to an activating group) is 1. The lowest BCUT2D eigenvalue weighted by Gasteiger charge is -2.17. The van der Waals surface area contributed by atoms with E-state index < -0.39 is 0 Å². The molecule has 6 heteroatoms. The van der Waals surface area contributed by atoms with Gasteiger partial charge in [0.2, 0.25) is 0 Å². The van der Waals surface area contributed by atoms with Crippen LogP contribution in [0.4, 0.5) is 5.69 Å². The zero-order valence-electron chi connectivity index (χ0n) is 15.0. The number of aromatic nitrogens is 2. The minimum Gasteiger partial charge on any atom is -0.340 e. The third-order valence-corrected chi connectivity index (χ3v) is 4.06. The lowest BCUT2D eigenvalue weighted by atomic mass is 10.2. The molecule has 1 N–H and O–H groups in total. The van der Waals surface area contributed by atoms with E-state index in [1.54, 1.807) is 54.7 Å². The Balaban J connectivity index is 1.65. The average molecular weight is 360 g/mol. The van der Waals surface area contributed by atoms with Gasteiger partial charge in [0, 0.05) is 31.7 Å². The van der Waals surface area contributed by atoms with Gasteiger partial charge in [0.1, 0.15) is 11.4 Å². The van der Waals surface area contributed by atoms with Crippen molar-refractivity contribution in [1.29, 1.82) is 0 Å². The van der Waals surface area contributed by atoms with E-state index in [0.717, 1.165) is 12.0 Å². The molecule has 0 aliphatic carbocycles. The predicted octanol–water partition coefficient (Wildman–Crippen LogP) is 3.04. The molecule has 0 saturated carbocycles. The van der Waals surface area contributed by atoms with E-state index in [2.05, 4.69) is 15.3 Å². The fraction of sp³-hybridized carbons (Fsp3) is 0.143. The molecule has 136 valence electrons. The lowest BCUT2D eigenvalue weighted by Crippen LogP contribution is -2.30. The average Bonchev–Trinajstić information content (AvgIpc) is 2.73. The Kier molecular flexibility index (Phi) is 5.89. The van der Waals surface area contributed by atoms with E-state index in [1.807, 2.05) is 30.3 Å². The summed E-state index contributed by atoms with van der Waals surface area (Å²) in [6, 6.07) is 17.8. The Morgan fingerprint density at radius 1 is 0.926 bits per heavy atom. The maximum Gasteiger partial charge on any atom is 0.274 e. The van der Waals surface area contributed by atoms with Gasteiger partial charge in [0.05, 0.1) is 0 Å². The first-order chi connectivity index (χ1) is 13.1. The summed E-state index contributed by atoms with van der Waals surface area (Å²) >= 11 is 0. The number of hydrogen-bond acceptors (Lipinski definition) is 4. The Morgan fingerprint density at radius 2 is 1.63 bits per heavy atom. The SMILES string of the molecule is CN(CCc1ccncc1)C(=O)c1cccc(C(=O)Nc2ccccc2)n1. The minimum absolute atomic E-state index is 0.201. The number of para-hydroxylation sites is 1. The van der Waals surface area contributed by atoms with E-state index in [0.29, 0.717) is 12.2 Å². The molecule has 0 bridgehead atoms. The van der Waals surface area contributed by atoms with Crippen LogP contribution in [-0.2, 0) is 6.42 Å². The van der Waals surface area contributed by atoms with E-state index in [4.69, 9.17) is 0 Å². The number of nitrogens with zero attached hydrogens (tertiary/aromatic N) is 3. The summed E-state index contributed by atoms with van der Waals surface area (Å²) in [5.74, 6) is -0.575. The third-order valence-electron chi connectivity index (χ3n) is 4.06. The first kappa shape index (κ1) is 18.3. The highest BCUT2D eigenvalue weighted by Gasteiger charge is 2.16. The van der Waals surface area contributed by atoms with Gasteiger partial charge in [-0.1, -0.05) is 24.3 Å². The summed E-state index contributed by atoms with van der Waals surface area (Å²) in [5, 5.41) is 2.77. The van der Waals surface area contributed by atoms with Gasteiger partial charge in [-0.15, -0.1) is 0 Å². The van der Waals surface area contributed by atoms with Gasteiger partial charge < -0.3 is 10.2 Å². The molecule has 27 heavy (non-hydrogen) atoms. The van der Waals surface area contributed by atoms with Crippen LogP contribution in [0.2, 0.25) is 0 Å². The number of carbonyl (C=O) groups is 2. The fourth-order valence-electron chi connectivity index (χ4n) is 2.54. The van der Waals surface area contributed by atoms with Gasteiger partial charge in [-0.25, -0.2) is 4.98 Å². The molecule has 0 atom stereocenters. The molecule has 2 aromatic heterocycles. The minimum atomic E-state index is -0.352. The number of amides is 2. The highest BCUT2D eigenvalue weighted by atomic mass is 16.2. The van der Waals surface area contributed by atoms with E-state index >= 15 is 0 Å². The predicted molar refractivity (Wildman–Crippen MR) is 104 cm³/mol. The fourth-order valence-corrected chi connectivity index (χ4v) is 2.54. The molecule has 6 nitrogen and oxygen atoms in total. The summed E-state index contributed by atoms with van der Waals surface area (Å²) in [4.78, 5) is 34.8. The molecule has 1 aromatic carbocycles. The van der Waals surface area contributed by atoms with Gasteiger partial charge in [0.15, 0.2) is 0 Å². The second-order valence-electron chi connectivity index (χ2n) is 6.06. The maximum atomic E-state index is 12.6. The number of pyridine rings is 2. The van der Waals surface area contributed by atoms with Gasteiger partial charge >= 0.3 is 0 Å². The van der Waals surface area contributed by atoms with Crippen LogP contribution in [-0.4, -0.2) is 40.3 Å². The van der Waals surface area contributed by atoms with E-state index in [9.17, 15) is 9.59 Å². The summed E-state index contributed by atoms with van der Waals surface area (Å²) in [6.07, 6.45) is 4.18. The van der Waals surface area contributed by atoms with Crippen molar-refractivity contribution in [2.24, 2.45) is 0 Å². The largest absolute Gasteiger partial charge is 0.340 e. The number of rotatable bonds is 6. The van der Waals surface area contributed by atoms with Crippen LogP contribution in [0.1, 0.15) is 26.5 Å². The topological polar surface area (TPSA) is 75.2 Å². The Morgan fingerprint density at radius 3 is 2.37 bits per heavy atom. The third kappa shape index (κ3) is 4.98. The van der Waals surface area contributed by atoms with Crippen molar-refractivity contribution < 1.29 is 9.59 Å². The van der Waals surface area contributed by atoms with Crippen molar-refractivity contribution >= 4 is 17.5 Å². The summed E-state index contributed by atoms with van der Waals surface area (Å²) in [5.41, 5.74) is 2.23. The summed E-state index contributed by atoms with van der Waals surface area (Å²) in [7, 11) is 1.72. The number of anilines is 1.